The summed E-state index contributed by atoms with van der Waals surface area (Å²) in [6.45, 7) is 3.80. The Morgan fingerprint density at radius 1 is 1.18 bits per heavy atom. The number of urea groups is 1. The van der Waals surface area contributed by atoms with E-state index in [0.29, 0.717) is 45.2 Å². The molecule has 4 N–H and O–H groups in total. The quantitative estimate of drug-likeness (QED) is 0.0602. The molecule has 0 radical (unpaired) electrons. The van der Waals surface area contributed by atoms with Crippen LogP contribution >= 0.6 is 38.5 Å². The molecule has 14 heteroatoms. The highest BCUT2D eigenvalue weighted by Gasteiger charge is 2.32. The molecule has 3 aromatic rings. The average Bonchev–Trinajstić information content (AvgIpc) is 2.99. The predicted molar refractivity (Wildman–Crippen MR) is 177 cm³/mol. The first-order chi connectivity index (χ1) is 21.6. The summed E-state index contributed by atoms with van der Waals surface area (Å²) in [5.41, 5.74) is 5.29. The van der Waals surface area contributed by atoms with Gasteiger partial charge in [0.05, 0.1) is 39.6 Å². The number of allylic oxidation sites excluding steroid dienone is 1. The molecular weight excluding hydrogens is 766 g/mol. The van der Waals surface area contributed by atoms with Crippen molar-refractivity contribution in [3.63, 3.8) is 0 Å². The van der Waals surface area contributed by atoms with Crippen molar-refractivity contribution >= 4 is 56.7 Å². The second kappa shape index (κ2) is 15.9. The van der Waals surface area contributed by atoms with Gasteiger partial charge >= 0.3 is 12.0 Å². The van der Waals surface area contributed by atoms with Gasteiger partial charge in [-0.25, -0.2) is 14.0 Å². The molecule has 0 aliphatic carbocycles. The van der Waals surface area contributed by atoms with Gasteiger partial charge in [0.1, 0.15) is 24.8 Å². The summed E-state index contributed by atoms with van der Waals surface area (Å²) in [4.78, 5) is 24.6. The minimum Gasteiger partial charge on any atom is -0.490 e. The lowest BCUT2D eigenvalue weighted by Gasteiger charge is -2.28. The molecule has 0 fully saturated rings. The van der Waals surface area contributed by atoms with Crippen LogP contribution in [0.25, 0.3) is 0 Å². The number of nitrogens with zero attached hydrogens (tertiary/aromatic N) is 1. The highest BCUT2D eigenvalue weighted by molar-refractivity contribution is 14.1. The van der Waals surface area contributed by atoms with Crippen molar-refractivity contribution in [2.45, 2.75) is 32.7 Å². The second-order valence-electron chi connectivity index (χ2n) is 9.65. The van der Waals surface area contributed by atoms with Crippen LogP contribution in [0.2, 0.25) is 0 Å². The van der Waals surface area contributed by atoms with E-state index in [-0.39, 0.29) is 24.6 Å². The smallest absolute Gasteiger partial charge is 0.337 e. The zero-order valence-electron chi connectivity index (χ0n) is 24.5. The van der Waals surface area contributed by atoms with E-state index in [1.54, 1.807) is 50.2 Å². The van der Waals surface area contributed by atoms with Gasteiger partial charge in [0.2, 0.25) is 0 Å². The summed E-state index contributed by atoms with van der Waals surface area (Å²) in [5.74, 6) is 0.421. The minimum absolute atomic E-state index is 0.165. The van der Waals surface area contributed by atoms with Gasteiger partial charge in [0.25, 0.3) is 0 Å². The Morgan fingerprint density at radius 3 is 2.69 bits per heavy atom. The molecule has 1 aliphatic rings. The molecule has 0 saturated heterocycles. The second-order valence-corrected chi connectivity index (χ2v) is 11.7. The molecule has 0 aromatic heterocycles. The van der Waals surface area contributed by atoms with Crippen LogP contribution in [-0.2, 0) is 16.1 Å². The third-order valence-electron chi connectivity index (χ3n) is 6.40. The van der Waals surface area contributed by atoms with E-state index < -0.39 is 24.3 Å². The molecule has 0 bridgehead atoms. The van der Waals surface area contributed by atoms with Crippen LogP contribution in [0.5, 0.6) is 17.2 Å². The Balaban J connectivity index is 1.37. The van der Waals surface area contributed by atoms with Gasteiger partial charge < -0.3 is 34.7 Å². The first-order valence-corrected chi connectivity index (χ1v) is 15.6. The Morgan fingerprint density at radius 2 is 1.98 bits per heavy atom. The molecule has 2 atom stereocenters. The van der Waals surface area contributed by atoms with Gasteiger partial charge in [0.15, 0.2) is 17.7 Å². The molecular formula is C31H31BrFIN4O7. The summed E-state index contributed by atoms with van der Waals surface area (Å²) >= 11 is 5.65. The fourth-order valence-corrected chi connectivity index (χ4v) is 6.16. The van der Waals surface area contributed by atoms with Gasteiger partial charge in [-0.15, -0.1) is 0 Å². The number of ether oxygens (including phenoxy) is 4. The summed E-state index contributed by atoms with van der Waals surface area (Å²) in [6.07, 6.45) is 0.376. The zero-order chi connectivity index (χ0) is 32.5. The van der Waals surface area contributed by atoms with E-state index in [9.17, 15) is 19.1 Å². The Kier molecular flexibility index (Phi) is 12.0. The van der Waals surface area contributed by atoms with E-state index in [4.69, 9.17) is 18.9 Å². The van der Waals surface area contributed by atoms with Gasteiger partial charge in [-0.3, -0.25) is 5.43 Å². The van der Waals surface area contributed by atoms with Gasteiger partial charge in [-0.05, 0) is 105 Å². The lowest BCUT2D eigenvalue weighted by Crippen LogP contribution is -2.45. The summed E-state index contributed by atoms with van der Waals surface area (Å²) < 4.78 is 37.3. The third kappa shape index (κ3) is 9.08. The molecule has 11 nitrogen and oxygen atoms in total. The van der Waals surface area contributed by atoms with Crippen LogP contribution in [0.3, 0.4) is 0 Å². The minimum atomic E-state index is -1.16. The molecule has 4 rings (SSSR count). The van der Waals surface area contributed by atoms with Crippen molar-refractivity contribution in [2.75, 3.05) is 20.3 Å². The first-order valence-electron chi connectivity index (χ1n) is 13.7. The monoisotopic (exact) mass is 796 g/mol. The molecule has 1 aliphatic heterocycles. The number of aliphatic hydroxyl groups is 1. The number of halogens is 3. The Bertz CT molecular complexity index is 1600. The van der Waals surface area contributed by atoms with Crippen molar-refractivity contribution in [3.8, 4) is 17.2 Å². The van der Waals surface area contributed by atoms with Crippen molar-refractivity contribution in [2.24, 2.45) is 5.10 Å². The number of aliphatic hydroxyl groups excluding tert-OH is 1. The number of carbonyl (C=O) groups is 2. The summed E-state index contributed by atoms with van der Waals surface area (Å²) in [6, 6.07) is 13.6. The molecule has 0 spiro atoms. The van der Waals surface area contributed by atoms with Crippen LogP contribution in [0.1, 0.15) is 36.6 Å². The van der Waals surface area contributed by atoms with E-state index >= 15 is 0 Å². The summed E-state index contributed by atoms with van der Waals surface area (Å²) in [5, 5.41) is 19.9. The van der Waals surface area contributed by atoms with Crippen molar-refractivity contribution in [1.82, 2.24) is 16.1 Å². The fraction of sp³-hybridized carbons (Fsp3) is 0.258. The molecule has 1 heterocycles. The highest BCUT2D eigenvalue weighted by atomic mass is 127. The maximum absolute atomic E-state index is 13.5. The standard InChI is InChI=1S/C31H31BrFIN4O7/c1-4-43-25-13-20(28-27(30(40)42-3)17(2)36-31(41)37-28)8-9-24(25)44-16-26(39)38-35-14-19-11-22(32)29(23(34)12-19)45-15-18-6-5-7-21(33)10-18/h5-14,26,28,38-39H,4,15-16H2,1-3H3,(H2,36,37,41)/b35-14-/t26-,28+/m0/s1. The van der Waals surface area contributed by atoms with Crippen LogP contribution in [0.15, 0.2) is 75.4 Å². The zero-order valence-corrected chi connectivity index (χ0v) is 28.3. The lowest BCUT2D eigenvalue weighted by atomic mass is 9.95. The first kappa shape index (κ1) is 34.0. The van der Waals surface area contributed by atoms with Gasteiger partial charge in [-0.1, -0.05) is 18.2 Å². The number of hydrazone groups is 1. The van der Waals surface area contributed by atoms with E-state index in [2.05, 4.69) is 59.7 Å². The number of hydrogen-bond donors (Lipinski definition) is 4. The van der Waals surface area contributed by atoms with Crippen LogP contribution in [-0.4, -0.2) is 49.9 Å². The largest absolute Gasteiger partial charge is 0.490 e. The van der Waals surface area contributed by atoms with Gasteiger partial charge in [0, 0.05) is 5.70 Å². The number of amides is 2. The summed E-state index contributed by atoms with van der Waals surface area (Å²) in [7, 11) is 1.27. The van der Waals surface area contributed by atoms with Crippen molar-refractivity contribution in [3.05, 3.63) is 96.4 Å². The molecule has 3 aromatic carbocycles. The van der Waals surface area contributed by atoms with Crippen LogP contribution in [0, 0.1) is 9.39 Å². The van der Waals surface area contributed by atoms with Crippen molar-refractivity contribution < 1.29 is 38.0 Å². The molecule has 0 saturated carbocycles. The van der Waals surface area contributed by atoms with E-state index in [1.165, 1.54) is 25.5 Å². The SMILES string of the molecule is CCOc1cc([C@H]2NC(=O)NC(C)=C2C(=O)OC)ccc1OC[C@H](O)N/N=C\c1cc(Br)c(OCc2cccc(F)c2)c(I)c1. The van der Waals surface area contributed by atoms with Crippen LogP contribution < -0.4 is 30.3 Å². The number of benzene rings is 3. The number of nitrogens with one attached hydrogen (secondary N) is 3. The highest BCUT2D eigenvalue weighted by Crippen LogP contribution is 2.35. The average molecular weight is 797 g/mol. The fourth-order valence-electron chi connectivity index (χ4n) is 4.39. The predicted octanol–water partition coefficient (Wildman–Crippen LogP) is 5.29. The third-order valence-corrected chi connectivity index (χ3v) is 7.79. The number of rotatable bonds is 13. The lowest BCUT2D eigenvalue weighted by molar-refractivity contribution is -0.136. The number of hydrogen-bond acceptors (Lipinski definition) is 9. The van der Waals surface area contributed by atoms with Crippen molar-refractivity contribution in [1.29, 1.82) is 0 Å². The normalized spacial score (nSPS) is 15.3. The number of carbonyl (C=O) groups excluding carboxylic acids is 2. The Labute approximate surface area is 281 Å². The number of methoxy groups -OCH3 is 1. The van der Waals surface area contributed by atoms with E-state index in [1.807, 2.05) is 6.07 Å². The molecule has 0 unspecified atom stereocenters. The van der Waals surface area contributed by atoms with Gasteiger partial charge in [-0.2, -0.15) is 5.10 Å². The molecule has 2 amide bonds. The van der Waals surface area contributed by atoms with Crippen LogP contribution in [0.4, 0.5) is 9.18 Å². The topological polar surface area (TPSA) is 140 Å². The molecule has 238 valence electrons. The Hall–Kier alpha value is -3.89. The number of esters is 1. The van der Waals surface area contributed by atoms with E-state index in [0.717, 1.165) is 9.13 Å². The maximum atomic E-state index is 13.5. The molecule has 45 heavy (non-hydrogen) atoms. The maximum Gasteiger partial charge on any atom is 0.337 e.